The Bertz CT molecular complexity index is 2550. The highest BCUT2D eigenvalue weighted by Gasteiger charge is 2.25. The zero-order valence-corrected chi connectivity index (χ0v) is 67.5. The lowest BCUT2D eigenvalue weighted by molar-refractivity contribution is -0.870. The SMILES string of the molecule is CC/C=C\C/C=C\C/C=C\C/C=C\C/C=C\C/C=C\C/C=C\C/C=C\C/C=C\C/C=C\C/C=C\CCCCCCCC(=O)OC(COC(=O)CCCCCCCCCCCCCCCCCCCCC/C=C\C/C=C\C/C=C\C/C=C\C/C=C\C/C=C\C/C=C\CC)COC(OCC[N+](C)(C)C)C(=O)O. The highest BCUT2D eigenvalue weighted by molar-refractivity contribution is 5.71. The Balaban J connectivity index is 4.11. The third-order valence-corrected chi connectivity index (χ3v) is 17.2. The molecule has 0 radical (unpaired) electrons. The highest BCUT2D eigenvalue weighted by atomic mass is 16.7. The number of aliphatic carboxylic acids is 1. The number of quaternary nitrogens is 1. The smallest absolute Gasteiger partial charge is 0.361 e. The van der Waals surface area contributed by atoms with Crippen LogP contribution in [-0.2, 0) is 33.3 Å². The van der Waals surface area contributed by atoms with Gasteiger partial charge in [-0.1, -0.05) is 361 Å². The number of likely N-dealkylation sites (N-methyl/N-ethyl adjacent to an activating group) is 1. The Morgan fingerprint density at radius 3 is 0.762 bits per heavy atom. The van der Waals surface area contributed by atoms with E-state index >= 15 is 0 Å². The first-order valence-electron chi connectivity index (χ1n) is 41.9. The quantitative estimate of drug-likeness (QED) is 0.0211. The van der Waals surface area contributed by atoms with Crippen LogP contribution in [0.3, 0.4) is 0 Å². The molecule has 0 amide bonds. The summed E-state index contributed by atoms with van der Waals surface area (Å²) in [5.74, 6) is -2.04. The molecule has 0 aliphatic carbocycles. The average molecular weight is 1450 g/mol. The molecule has 0 spiro atoms. The molecule has 590 valence electrons. The first-order valence-corrected chi connectivity index (χ1v) is 41.9. The van der Waals surface area contributed by atoms with Crippen LogP contribution in [0.1, 0.15) is 309 Å². The Hall–Kier alpha value is -6.39. The number of allylic oxidation sites excluding steroid dienone is 36. The number of ether oxygens (including phenoxy) is 4. The van der Waals surface area contributed by atoms with Crippen molar-refractivity contribution in [2.24, 2.45) is 0 Å². The minimum atomic E-state index is -1.53. The molecule has 105 heavy (non-hydrogen) atoms. The molecule has 0 aliphatic rings. The van der Waals surface area contributed by atoms with Crippen molar-refractivity contribution in [3.05, 3.63) is 219 Å². The minimum Gasteiger partial charge on any atom is -0.477 e. The maximum absolute atomic E-state index is 13.0. The summed E-state index contributed by atoms with van der Waals surface area (Å²) < 4.78 is 23.0. The molecule has 0 bridgehead atoms. The zero-order chi connectivity index (χ0) is 76.0. The number of hydrogen-bond acceptors (Lipinski definition) is 7. The molecule has 0 saturated carbocycles. The van der Waals surface area contributed by atoms with E-state index in [4.69, 9.17) is 18.9 Å². The second-order valence-corrected chi connectivity index (χ2v) is 28.3. The van der Waals surface area contributed by atoms with Gasteiger partial charge in [0.05, 0.1) is 34.4 Å². The number of hydrogen-bond donors (Lipinski definition) is 1. The number of carboxylic acid groups (broad SMARTS) is 1. The zero-order valence-electron chi connectivity index (χ0n) is 67.5. The summed E-state index contributed by atoms with van der Waals surface area (Å²) in [5.41, 5.74) is 0. The van der Waals surface area contributed by atoms with E-state index in [0.717, 1.165) is 167 Å². The molecule has 0 aliphatic heterocycles. The molecule has 9 heteroatoms. The molecule has 0 rings (SSSR count). The largest absolute Gasteiger partial charge is 0.477 e. The molecule has 0 aromatic heterocycles. The molecule has 2 unspecified atom stereocenters. The van der Waals surface area contributed by atoms with E-state index in [1.165, 1.54) is 109 Å². The average Bonchev–Trinajstić information content (AvgIpc) is 1.97. The van der Waals surface area contributed by atoms with Gasteiger partial charge in [-0.2, -0.15) is 0 Å². The molecule has 0 saturated heterocycles. The van der Waals surface area contributed by atoms with Crippen molar-refractivity contribution in [2.75, 3.05) is 47.5 Å². The van der Waals surface area contributed by atoms with Crippen molar-refractivity contribution in [2.45, 2.75) is 322 Å². The van der Waals surface area contributed by atoms with Crippen molar-refractivity contribution in [1.29, 1.82) is 0 Å². The number of esters is 2. The maximum Gasteiger partial charge on any atom is 0.361 e. The summed E-state index contributed by atoms with van der Waals surface area (Å²) in [6, 6.07) is 0. The Morgan fingerprint density at radius 1 is 0.286 bits per heavy atom. The van der Waals surface area contributed by atoms with Crippen molar-refractivity contribution < 1.29 is 42.9 Å². The van der Waals surface area contributed by atoms with E-state index in [2.05, 4.69) is 233 Å². The Labute approximate surface area is 645 Å². The first kappa shape index (κ1) is 98.6. The van der Waals surface area contributed by atoms with Gasteiger partial charge in [-0.3, -0.25) is 9.59 Å². The van der Waals surface area contributed by atoms with Crippen LogP contribution in [0.5, 0.6) is 0 Å². The second-order valence-electron chi connectivity index (χ2n) is 28.3. The van der Waals surface area contributed by atoms with Crippen molar-refractivity contribution in [3.63, 3.8) is 0 Å². The minimum absolute atomic E-state index is 0.174. The Kier molecular flexibility index (Phi) is 78.2. The number of carbonyl (C=O) groups is 3. The molecule has 0 heterocycles. The van der Waals surface area contributed by atoms with E-state index in [1.54, 1.807) is 0 Å². The topological polar surface area (TPSA) is 108 Å². The predicted molar refractivity (Wildman–Crippen MR) is 455 cm³/mol. The molecule has 9 nitrogen and oxygen atoms in total. The van der Waals surface area contributed by atoms with Gasteiger partial charge in [-0.25, -0.2) is 4.79 Å². The molecule has 0 fully saturated rings. The van der Waals surface area contributed by atoms with Crippen molar-refractivity contribution in [3.8, 4) is 0 Å². The van der Waals surface area contributed by atoms with Gasteiger partial charge in [0.2, 0.25) is 0 Å². The summed E-state index contributed by atoms with van der Waals surface area (Å²) in [4.78, 5) is 37.8. The van der Waals surface area contributed by atoms with Crippen LogP contribution < -0.4 is 0 Å². The van der Waals surface area contributed by atoms with Crippen LogP contribution >= 0.6 is 0 Å². The van der Waals surface area contributed by atoms with Gasteiger partial charge in [-0.05, 0) is 154 Å². The van der Waals surface area contributed by atoms with Crippen LogP contribution in [0, 0.1) is 0 Å². The van der Waals surface area contributed by atoms with Gasteiger partial charge in [-0.15, -0.1) is 0 Å². The maximum atomic E-state index is 13.0. The van der Waals surface area contributed by atoms with E-state index in [1.807, 2.05) is 21.1 Å². The van der Waals surface area contributed by atoms with Crippen LogP contribution in [0.25, 0.3) is 0 Å². The molecule has 0 aromatic carbocycles. The summed E-state index contributed by atoms with van der Waals surface area (Å²) >= 11 is 0. The number of unbranched alkanes of at least 4 members (excludes halogenated alkanes) is 24. The molecule has 1 N–H and O–H groups in total. The van der Waals surface area contributed by atoms with Crippen LogP contribution in [0.4, 0.5) is 0 Å². The lowest BCUT2D eigenvalue weighted by Gasteiger charge is -2.25. The number of carbonyl (C=O) groups excluding carboxylic acids is 2. The summed E-state index contributed by atoms with van der Waals surface area (Å²) in [6.07, 6.45) is 128. The fourth-order valence-electron chi connectivity index (χ4n) is 10.9. The molecule has 0 aromatic rings. The normalized spacial score (nSPS) is 13.8. The lowest BCUT2D eigenvalue weighted by atomic mass is 10.0. The van der Waals surface area contributed by atoms with Crippen LogP contribution in [0.15, 0.2) is 219 Å². The molecular formula is C96H154NO8+. The lowest BCUT2D eigenvalue weighted by Crippen LogP contribution is -2.40. The fourth-order valence-corrected chi connectivity index (χ4v) is 10.9. The number of nitrogens with zero attached hydrogens (tertiary/aromatic N) is 1. The second kappa shape index (κ2) is 83.3. The summed E-state index contributed by atoms with van der Waals surface area (Å²) in [5, 5.41) is 9.78. The molecule has 2 atom stereocenters. The third-order valence-electron chi connectivity index (χ3n) is 17.2. The Morgan fingerprint density at radius 2 is 0.514 bits per heavy atom. The summed E-state index contributed by atoms with van der Waals surface area (Å²) in [6.45, 7) is 4.62. The van der Waals surface area contributed by atoms with Crippen LogP contribution in [-0.4, -0.2) is 87.4 Å². The monoisotopic (exact) mass is 1450 g/mol. The van der Waals surface area contributed by atoms with Gasteiger partial charge in [0, 0.05) is 12.8 Å². The molecular weight excluding hydrogens is 1300 g/mol. The van der Waals surface area contributed by atoms with Gasteiger partial charge >= 0.3 is 17.9 Å². The van der Waals surface area contributed by atoms with E-state index < -0.39 is 24.3 Å². The van der Waals surface area contributed by atoms with E-state index in [-0.39, 0.29) is 38.6 Å². The third kappa shape index (κ3) is 84.7. The first-order chi connectivity index (χ1) is 51.6. The van der Waals surface area contributed by atoms with Crippen molar-refractivity contribution >= 4 is 17.9 Å². The van der Waals surface area contributed by atoms with Gasteiger partial charge in [0.1, 0.15) is 13.2 Å². The van der Waals surface area contributed by atoms with Crippen molar-refractivity contribution in [1.82, 2.24) is 0 Å². The predicted octanol–water partition coefficient (Wildman–Crippen LogP) is 27.6. The van der Waals surface area contributed by atoms with Gasteiger partial charge in [0.15, 0.2) is 6.10 Å². The summed E-state index contributed by atoms with van der Waals surface area (Å²) in [7, 11) is 5.97. The van der Waals surface area contributed by atoms with E-state index in [0.29, 0.717) is 17.4 Å². The number of rotatable bonds is 75. The van der Waals surface area contributed by atoms with Gasteiger partial charge < -0.3 is 28.5 Å². The van der Waals surface area contributed by atoms with Crippen LogP contribution in [0.2, 0.25) is 0 Å². The van der Waals surface area contributed by atoms with E-state index in [9.17, 15) is 19.5 Å². The number of carboxylic acids is 1. The van der Waals surface area contributed by atoms with Gasteiger partial charge in [0.25, 0.3) is 6.29 Å². The highest BCUT2D eigenvalue weighted by Crippen LogP contribution is 2.17. The standard InChI is InChI=1S/C96H153NO8/c1-6-8-10-12-14-16-18-20-22-24-26-28-30-32-34-36-38-40-42-44-46-47-49-50-52-54-56-58-60-62-64-66-68-70-72-74-76-78-80-82-84-86-93(98)103-90-92(91-104-96(95(100)101)102-89-88-97(3,4)5)105-94(99)87-85-83-81-79-77-75-73-71-69-67-65-63-61-59-57-55-53-51-48-45-43-41-39-37-35-33-31-29-27-25-23-21-19-17-15-13-11-9-7-2/h8-11,14-17,20-23,26-29,32-35,38-41,44-46,48,53,55,59,61,65,67,71,73,92,96H,6-7,12-13,18-19,24-25,30-31,36-37,42-43,47,49-52,54,56-58,60,62-64,66,68-70,72,74-91H2,1-5H3/p+1/b10-8-,11-9-,16-14-,17-15-,22-20-,23-21-,28-26-,29-27-,34-32-,35-33-,40-38-,41-39-,46-44-,48-45-,55-53-,61-59-,67-65-,73-71-. The fraction of sp³-hybridized carbons (Fsp3) is 0.594.